The molecule has 4 heteroatoms. The fraction of sp³-hybridized carbons (Fsp3) is 0.533. The number of piperidine rings is 1. The summed E-state index contributed by atoms with van der Waals surface area (Å²) >= 11 is 5.79. The number of hydrogen-bond donors (Lipinski definition) is 1. The van der Waals surface area contributed by atoms with Crippen LogP contribution in [-0.2, 0) is 0 Å². The van der Waals surface area contributed by atoms with Crippen LogP contribution in [0.4, 0.5) is 0 Å². The van der Waals surface area contributed by atoms with E-state index in [1.165, 1.54) is 32.4 Å². The number of likely N-dealkylation sites (tertiary alicyclic amines) is 1. The number of rotatable bonds is 5. The summed E-state index contributed by atoms with van der Waals surface area (Å²) < 4.78 is 0. The average molecular weight is 281 g/mol. The summed E-state index contributed by atoms with van der Waals surface area (Å²) in [7, 11) is 0. The highest BCUT2D eigenvalue weighted by molar-refractivity contribution is 6.30. The third kappa shape index (κ3) is 4.84. The molecular formula is C15H21ClN2O. The van der Waals surface area contributed by atoms with E-state index in [-0.39, 0.29) is 5.91 Å². The molecule has 1 heterocycles. The third-order valence-electron chi connectivity index (χ3n) is 3.49. The molecule has 1 saturated heterocycles. The Hall–Kier alpha value is -1.06. The standard InChI is InChI=1S/C15H21ClN2O/c16-14-7-5-13(6-8-14)15(19)17-9-4-12-18-10-2-1-3-11-18/h5-8H,1-4,9-12H2,(H,17,19). The maximum absolute atomic E-state index is 11.8. The van der Waals surface area contributed by atoms with Gasteiger partial charge in [0.15, 0.2) is 0 Å². The molecule has 3 nitrogen and oxygen atoms in total. The van der Waals surface area contributed by atoms with Crippen molar-refractivity contribution < 1.29 is 4.79 Å². The van der Waals surface area contributed by atoms with Crippen LogP contribution in [0.25, 0.3) is 0 Å². The highest BCUT2D eigenvalue weighted by Gasteiger charge is 2.09. The van der Waals surface area contributed by atoms with Crippen molar-refractivity contribution in [1.82, 2.24) is 10.2 Å². The highest BCUT2D eigenvalue weighted by atomic mass is 35.5. The molecule has 1 fully saturated rings. The van der Waals surface area contributed by atoms with Gasteiger partial charge in [-0.15, -0.1) is 0 Å². The molecule has 0 aromatic heterocycles. The normalized spacial score (nSPS) is 16.3. The van der Waals surface area contributed by atoms with Crippen LogP contribution in [0.5, 0.6) is 0 Å². The third-order valence-corrected chi connectivity index (χ3v) is 3.74. The minimum atomic E-state index is -0.0182. The van der Waals surface area contributed by atoms with Crippen LogP contribution in [0.1, 0.15) is 36.0 Å². The van der Waals surface area contributed by atoms with Gasteiger partial charge in [0.25, 0.3) is 5.91 Å². The minimum absolute atomic E-state index is 0.0182. The quantitative estimate of drug-likeness (QED) is 0.841. The Bertz CT molecular complexity index is 399. The molecule has 1 aliphatic heterocycles. The largest absolute Gasteiger partial charge is 0.352 e. The Balaban J connectivity index is 1.64. The zero-order chi connectivity index (χ0) is 13.5. The Morgan fingerprint density at radius 1 is 1.16 bits per heavy atom. The molecule has 0 saturated carbocycles. The first-order valence-electron chi connectivity index (χ1n) is 7.02. The number of carbonyl (C=O) groups is 1. The lowest BCUT2D eigenvalue weighted by Gasteiger charge is -2.26. The maximum Gasteiger partial charge on any atom is 0.251 e. The monoisotopic (exact) mass is 280 g/mol. The van der Waals surface area contributed by atoms with Gasteiger partial charge in [-0.2, -0.15) is 0 Å². The van der Waals surface area contributed by atoms with E-state index in [1.54, 1.807) is 24.3 Å². The van der Waals surface area contributed by atoms with Crippen molar-refractivity contribution in [2.45, 2.75) is 25.7 Å². The summed E-state index contributed by atoms with van der Waals surface area (Å²) in [5.74, 6) is -0.0182. The van der Waals surface area contributed by atoms with Crippen LogP contribution in [0.3, 0.4) is 0 Å². The second-order valence-corrected chi connectivity index (χ2v) is 5.46. The van der Waals surface area contributed by atoms with Crippen LogP contribution < -0.4 is 5.32 Å². The predicted molar refractivity (Wildman–Crippen MR) is 78.7 cm³/mol. The fourth-order valence-electron chi connectivity index (χ4n) is 2.39. The summed E-state index contributed by atoms with van der Waals surface area (Å²) in [5.41, 5.74) is 0.669. The number of benzene rings is 1. The Morgan fingerprint density at radius 3 is 2.53 bits per heavy atom. The zero-order valence-corrected chi connectivity index (χ0v) is 12.0. The molecule has 0 atom stereocenters. The average Bonchev–Trinajstić information content (AvgIpc) is 2.45. The molecule has 1 aliphatic rings. The number of nitrogens with one attached hydrogen (secondary N) is 1. The highest BCUT2D eigenvalue weighted by Crippen LogP contribution is 2.10. The lowest BCUT2D eigenvalue weighted by Crippen LogP contribution is -2.33. The van der Waals surface area contributed by atoms with E-state index in [4.69, 9.17) is 11.6 Å². The van der Waals surface area contributed by atoms with Crippen molar-refractivity contribution in [3.8, 4) is 0 Å². The van der Waals surface area contributed by atoms with Crippen molar-refractivity contribution in [3.05, 3.63) is 34.9 Å². The molecule has 1 aromatic carbocycles. The topological polar surface area (TPSA) is 32.3 Å². The van der Waals surface area contributed by atoms with E-state index in [9.17, 15) is 4.79 Å². The van der Waals surface area contributed by atoms with Crippen molar-refractivity contribution in [3.63, 3.8) is 0 Å². The molecule has 0 unspecified atom stereocenters. The van der Waals surface area contributed by atoms with E-state index >= 15 is 0 Å². The summed E-state index contributed by atoms with van der Waals surface area (Å²) in [6.07, 6.45) is 5.01. The van der Waals surface area contributed by atoms with Gasteiger partial charge in [0.2, 0.25) is 0 Å². The van der Waals surface area contributed by atoms with Crippen molar-refractivity contribution >= 4 is 17.5 Å². The number of halogens is 1. The number of carbonyl (C=O) groups excluding carboxylic acids is 1. The Labute approximate surface area is 119 Å². The van der Waals surface area contributed by atoms with Gasteiger partial charge in [0.05, 0.1) is 0 Å². The molecule has 1 aromatic rings. The summed E-state index contributed by atoms with van der Waals surface area (Å²) in [5, 5.41) is 3.60. The van der Waals surface area contributed by atoms with Gasteiger partial charge < -0.3 is 10.2 Å². The molecule has 0 spiro atoms. The molecule has 2 rings (SSSR count). The van der Waals surface area contributed by atoms with Gasteiger partial charge in [-0.05, 0) is 63.2 Å². The molecule has 104 valence electrons. The van der Waals surface area contributed by atoms with Gasteiger partial charge in [0, 0.05) is 17.1 Å². The second kappa shape index (κ2) is 7.51. The Morgan fingerprint density at radius 2 is 1.84 bits per heavy atom. The molecule has 1 N–H and O–H groups in total. The van der Waals surface area contributed by atoms with Crippen LogP contribution >= 0.6 is 11.6 Å². The van der Waals surface area contributed by atoms with E-state index in [0.29, 0.717) is 10.6 Å². The molecule has 1 amide bonds. The summed E-state index contributed by atoms with van der Waals surface area (Å²) in [6.45, 7) is 4.25. The van der Waals surface area contributed by atoms with Crippen LogP contribution in [0.15, 0.2) is 24.3 Å². The van der Waals surface area contributed by atoms with Crippen molar-refractivity contribution in [2.24, 2.45) is 0 Å². The molecule has 19 heavy (non-hydrogen) atoms. The van der Waals surface area contributed by atoms with Crippen LogP contribution in [-0.4, -0.2) is 37.0 Å². The predicted octanol–water partition coefficient (Wildman–Crippen LogP) is 2.95. The first-order chi connectivity index (χ1) is 9.25. The van der Waals surface area contributed by atoms with E-state index in [2.05, 4.69) is 10.2 Å². The molecule has 0 bridgehead atoms. The van der Waals surface area contributed by atoms with E-state index < -0.39 is 0 Å². The van der Waals surface area contributed by atoms with Gasteiger partial charge in [-0.3, -0.25) is 4.79 Å². The zero-order valence-electron chi connectivity index (χ0n) is 11.2. The fourth-order valence-corrected chi connectivity index (χ4v) is 2.52. The van der Waals surface area contributed by atoms with Crippen molar-refractivity contribution in [2.75, 3.05) is 26.2 Å². The van der Waals surface area contributed by atoms with Gasteiger partial charge in [-0.1, -0.05) is 18.0 Å². The smallest absolute Gasteiger partial charge is 0.251 e. The molecular weight excluding hydrogens is 260 g/mol. The van der Waals surface area contributed by atoms with E-state index in [1.807, 2.05) is 0 Å². The van der Waals surface area contributed by atoms with Crippen LogP contribution in [0, 0.1) is 0 Å². The molecule has 0 radical (unpaired) electrons. The van der Waals surface area contributed by atoms with Crippen molar-refractivity contribution in [1.29, 1.82) is 0 Å². The van der Waals surface area contributed by atoms with Crippen LogP contribution in [0.2, 0.25) is 5.02 Å². The first kappa shape index (κ1) is 14.4. The van der Waals surface area contributed by atoms with Gasteiger partial charge in [-0.25, -0.2) is 0 Å². The number of amides is 1. The minimum Gasteiger partial charge on any atom is -0.352 e. The summed E-state index contributed by atoms with van der Waals surface area (Å²) in [4.78, 5) is 14.3. The summed E-state index contributed by atoms with van der Waals surface area (Å²) in [6, 6.07) is 6.99. The SMILES string of the molecule is O=C(NCCCN1CCCCC1)c1ccc(Cl)cc1. The number of hydrogen-bond acceptors (Lipinski definition) is 2. The first-order valence-corrected chi connectivity index (χ1v) is 7.39. The van der Waals surface area contributed by atoms with E-state index in [0.717, 1.165) is 19.5 Å². The number of nitrogens with zero attached hydrogens (tertiary/aromatic N) is 1. The second-order valence-electron chi connectivity index (χ2n) is 5.02. The van der Waals surface area contributed by atoms with Gasteiger partial charge in [0.1, 0.15) is 0 Å². The maximum atomic E-state index is 11.8. The Kier molecular flexibility index (Phi) is 5.67. The van der Waals surface area contributed by atoms with Gasteiger partial charge >= 0.3 is 0 Å². The molecule has 0 aliphatic carbocycles. The lowest BCUT2D eigenvalue weighted by molar-refractivity contribution is 0.0951. The lowest BCUT2D eigenvalue weighted by atomic mass is 10.1.